The molecule has 2 aliphatic rings. The summed E-state index contributed by atoms with van der Waals surface area (Å²) in [6, 6.07) is 8.65. The predicted octanol–water partition coefficient (Wildman–Crippen LogP) is 4.16. The van der Waals surface area contributed by atoms with Gasteiger partial charge in [0.2, 0.25) is 5.95 Å². The van der Waals surface area contributed by atoms with E-state index in [-0.39, 0.29) is 0 Å². The summed E-state index contributed by atoms with van der Waals surface area (Å²) in [5, 5.41) is 10.8. The van der Waals surface area contributed by atoms with Crippen LogP contribution in [-0.2, 0) is 5.75 Å². The van der Waals surface area contributed by atoms with Gasteiger partial charge in [-0.25, -0.2) is 0 Å². The summed E-state index contributed by atoms with van der Waals surface area (Å²) < 4.78 is 2.36. The van der Waals surface area contributed by atoms with Crippen molar-refractivity contribution in [1.29, 1.82) is 0 Å². The van der Waals surface area contributed by atoms with Crippen molar-refractivity contribution in [3.05, 3.63) is 34.9 Å². The molecule has 4 nitrogen and oxygen atoms in total. The molecule has 0 atom stereocenters. The van der Waals surface area contributed by atoms with E-state index in [2.05, 4.69) is 25.7 Å². The molecular formula is C16H19ClN4S. The normalized spacial score (nSPS) is 18.1. The van der Waals surface area contributed by atoms with E-state index in [1.807, 2.05) is 18.2 Å². The van der Waals surface area contributed by atoms with Crippen LogP contribution < -0.4 is 4.90 Å². The van der Waals surface area contributed by atoms with Crippen LogP contribution in [0.3, 0.4) is 0 Å². The molecule has 1 saturated heterocycles. The first-order chi connectivity index (χ1) is 10.8. The van der Waals surface area contributed by atoms with Crippen LogP contribution >= 0.6 is 23.4 Å². The number of aromatic nitrogens is 3. The third-order valence-electron chi connectivity index (χ3n) is 4.20. The quantitative estimate of drug-likeness (QED) is 0.769. The SMILES string of the molecule is Clc1cccc(CSc2nnc(N3CCCC3)n2C2CC2)c1. The molecule has 1 aliphatic heterocycles. The zero-order chi connectivity index (χ0) is 14.9. The van der Waals surface area contributed by atoms with Crippen molar-refractivity contribution < 1.29 is 0 Å². The minimum Gasteiger partial charge on any atom is -0.341 e. The average molecular weight is 335 g/mol. The molecule has 0 radical (unpaired) electrons. The van der Waals surface area contributed by atoms with Crippen molar-refractivity contribution in [2.24, 2.45) is 0 Å². The minimum atomic E-state index is 0.604. The highest BCUT2D eigenvalue weighted by Gasteiger charge is 2.32. The summed E-state index contributed by atoms with van der Waals surface area (Å²) in [5.74, 6) is 1.96. The number of thioether (sulfide) groups is 1. The fourth-order valence-electron chi connectivity index (χ4n) is 2.93. The molecule has 22 heavy (non-hydrogen) atoms. The van der Waals surface area contributed by atoms with Crippen LogP contribution in [0.25, 0.3) is 0 Å². The molecule has 116 valence electrons. The van der Waals surface area contributed by atoms with Gasteiger partial charge < -0.3 is 4.90 Å². The van der Waals surface area contributed by atoms with E-state index in [1.165, 1.54) is 31.2 Å². The van der Waals surface area contributed by atoms with E-state index < -0.39 is 0 Å². The fourth-order valence-corrected chi connectivity index (χ4v) is 4.08. The van der Waals surface area contributed by atoms with Crippen LogP contribution in [0.1, 0.15) is 37.3 Å². The lowest BCUT2D eigenvalue weighted by Crippen LogP contribution is -2.22. The van der Waals surface area contributed by atoms with E-state index in [1.54, 1.807) is 11.8 Å². The van der Waals surface area contributed by atoms with E-state index >= 15 is 0 Å². The second-order valence-electron chi connectivity index (χ2n) is 6.00. The summed E-state index contributed by atoms with van der Waals surface area (Å²) in [5.41, 5.74) is 1.23. The summed E-state index contributed by atoms with van der Waals surface area (Å²) in [7, 11) is 0. The average Bonchev–Trinajstić information content (AvgIpc) is 3.05. The first-order valence-electron chi connectivity index (χ1n) is 7.88. The highest BCUT2D eigenvalue weighted by atomic mass is 35.5. The maximum absolute atomic E-state index is 6.06. The summed E-state index contributed by atoms with van der Waals surface area (Å²) in [6.07, 6.45) is 5.04. The molecule has 0 N–H and O–H groups in total. The van der Waals surface area contributed by atoms with Crippen LogP contribution in [0.2, 0.25) is 5.02 Å². The molecule has 6 heteroatoms. The Morgan fingerprint density at radius 1 is 1.18 bits per heavy atom. The topological polar surface area (TPSA) is 34.0 Å². The molecule has 0 bridgehead atoms. The minimum absolute atomic E-state index is 0.604. The van der Waals surface area contributed by atoms with Crippen molar-refractivity contribution in [2.45, 2.75) is 42.6 Å². The zero-order valence-electron chi connectivity index (χ0n) is 12.4. The Kier molecular flexibility index (Phi) is 4.01. The van der Waals surface area contributed by atoms with Crippen LogP contribution in [-0.4, -0.2) is 27.9 Å². The Labute approximate surface area is 139 Å². The molecule has 2 heterocycles. The van der Waals surface area contributed by atoms with Crippen molar-refractivity contribution >= 4 is 29.3 Å². The molecule has 1 aromatic heterocycles. The lowest BCUT2D eigenvalue weighted by Gasteiger charge is -2.17. The molecule has 0 amide bonds. The van der Waals surface area contributed by atoms with E-state index in [0.717, 1.165) is 35.0 Å². The predicted molar refractivity (Wildman–Crippen MR) is 90.8 cm³/mol. The van der Waals surface area contributed by atoms with Crippen molar-refractivity contribution in [3.8, 4) is 0 Å². The van der Waals surface area contributed by atoms with Gasteiger partial charge in [-0.2, -0.15) is 0 Å². The third kappa shape index (κ3) is 2.97. The monoisotopic (exact) mass is 334 g/mol. The second-order valence-corrected chi connectivity index (χ2v) is 7.38. The number of hydrogen-bond acceptors (Lipinski definition) is 4. The molecule has 2 aromatic rings. The van der Waals surface area contributed by atoms with Crippen LogP contribution in [0.4, 0.5) is 5.95 Å². The molecule has 0 unspecified atom stereocenters. The first-order valence-corrected chi connectivity index (χ1v) is 9.25. The van der Waals surface area contributed by atoms with E-state index in [9.17, 15) is 0 Å². The van der Waals surface area contributed by atoms with Gasteiger partial charge in [-0.15, -0.1) is 10.2 Å². The Morgan fingerprint density at radius 3 is 2.73 bits per heavy atom. The number of nitrogens with zero attached hydrogens (tertiary/aromatic N) is 4. The largest absolute Gasteiger partial charge is 0.341 e. The maximum Gasteiger partial charge on any atom is 0.228 e. The number of halogens is 1. The molecule has 2 fully saturated rings. The van der Waals surface area contributed by atoms with Gasteiger partial charge in [0.05, 0.1) is 0 Å². The van der Waals surface area contributed by atoms with Gasteiger partial charge in [0, 0.05) is 29.9 Å². The molecular weight excluding hydrogens is 316 g/mol. The molecule has 4 rings (SSSR count). The lowest BCUT2D eigenvalue weighted by atomic mass is 10.2. The van der Waals surface area contributed by atoms with Gasteiger partial charge in [-0.3, -0.25) is 4.57 Å². The maximum atomic E-state index is 6.06. The molecule has 1 aliphatic carbocycles. The van der Waals surface area contributed by atoms with Crippen LogP contribution in [0.15, 0.2) is 29.4 Å². The van der Waals surface area contributed by atoms with Gasteiger partial charge in [0.25, 0.3) is 0 Å². The number of hydrogen-bond donors (Lipinski definition) is 0. The first kappa shape index (κ1) is 14.4. The molecule has 0 spiro atoms. The number of rotatable bonds is 5. The Balaban J connectivity index is 1.54. The van der Waals surface area contributed by atoms with Gasteiger partial charge in [-0.05, 0) is 43.4 Å². The molecule has 1 aromatic carbocycles. The Hall–Kier alpha value is -1.20. The molecule has 1 saturated carbocycles. The van der Waals surface area contributed by atoms with Crippen molar-refractivity contribution in [1.82, 2.24) is 14.8 Å². The van der Waals surface area contributed by atoms with Crippen molar-refractivity contribution in [2.75, 3.05) is 18.0 Å². The number of anilines is 1. The summed E-state index contributed by atoms with van der Waals surface area (Å²) in [6.45, 7) is 2.23. The van der Waals surface area contributed by atoms with E-state index in [0.29, 0.717) is 6.04 Å². The third-order valence-corrected chi connectivity index (χ3v) is 5.45. The van der Waals surface area contributed by atoms with Crippen LogP contribution in [0.5, 0.6) is 0 Å². The van der Waals surface area contributed by atoms with E-state index in [4.69, 9.17) is 11.6 Å². The summed E-state index contributed by atoms with van der Waals surface area (Å²) >= 11 is 7.82. The summed E-state index contributed by atoms with van der Waals surface area (Å²) in [4.78, 5) is 2.38. The van der Waals surface area contributed by atoms with Crippen molar-refractivity contribution in [3.63, 3.8) is 0 Å². The Morgan fingerprint density at radius 2 is 2.00 bits per heavy atom. The standard InChI is InChI=1S/C16H19ClN4S/c17-13-5-3-4-12(10-13)11-22-16-19-18-15(20-8-1-2-9-20)21(16)14-6-7-14/h3-5,10,14H,1-2,6-9,11H2. The smallest absolute Gasteiger partial charge is 0.228 e. The second kappa shape index (κ2) is 6.13. The highest BCUT2D eigenvalue weighted by Crippen LogP contribution is 2.41. The van der Waals surface area contributed by atoms with Crippen LogP contribution in [0, 0.1) is 0 Å². The van der Waals surface area contributed by atoms with Gasteiger partial charge in [0.1, 0.15) is 0 Å². The fraction of sp³-hybridized carbons (Fsp3) is 0.500. The highest BCUT2D eigenvalue weighted by molar-refractivity contribution is 7.98. The van der Waals surface area contributed by atoms with Gasteiger partial charge in [-0.1, -0.05) is 35.5 Å². The van der Waals surface area contributed by atoms with Gasteiger partial charge >= 0.3 is 0 Å². The lowest BCUT2D eigenvalue weighted by molar-refractivity contribution is 0.651. The van der Waals surface area contributed by atoms with Gasteiger partial charge in [0.15, 0.2) is 5.16 Å². The zero-order valence-corrected chi connectivity index (χ0v) is 14.0. The number of benzene rings is 1. The Bertz CT molecular complexity index is 662.